The Morgan fingerprint density at radius 2 is 2.14 bits per heavy atom. The second-order valence-electron chi connectivity index (χ2n) is 5.45. The van der Waals surface area contributed by atoms with Crippen molar-refractivity contribution < 1.29 is 18.0 Å². The molecule has 1 aliphatic heterocycles. The molecule has 1 aromatic rings. The molecule has 0 saturated carbocycles. The van der Waals surface area contributed by atoms with Crippen molar-refractivity contribution >= 4 is 27.5 Å². The lowest BCUT2D eigenvalue weighted by Crippen LogP contribution is -2.30. The van der Waals surface area contributed by atoms with Crippen molar-refractivity contribution in [1.82, 2.24) is 5.32 Å². The van der Waals surface area contributed by atoms with Gasteiger partial charge in [0.15, 0.2) is 0 Å². The van der Waals surface area contributed by atoms with E-state index in [0.717, 1.165) is 5.56 Å². The number of hydrogen-bond donors (Lipinski definition) is 2. The Kier molecular flexibility index (Phi) is 4.52. The standard InChI is InChI=1S/C14H19N3O4S/c1-9-4-3-5-11(14(19)16-2)13(9)17-7-10(6-12(17)18)8-22(15,20)21/h3-5,10H,6-8H2,1-2H3,(H,16,19)(H2,15,20,21). The SMILES string of the molecule is CNC(=O)c1cccc(C)c1N1CC(CS(N)(=O)=O)CC1=O. The number of amides is 2. The number of rotatable bonds is 4. The average molecular weight is 325 g/mol. The summed E-state index contributed by atoms with van der Waals surface area (Å²) in [6, 6.07) is 5.19. The van der Waals surface area contributed by atoms with Crippen LogP contribution in [-0.4, -0.2) is 39.6 Å². The molecule has 1 unspecified atom stereocenters. The maximum absolute atomic E-state index is 12.2. The number of carbonyl (C=O) groups is 2. The molecule has 2 rings (SSSR count). The van der Waals surface area contributed by atoms with Crippen molar-refractivity contribution in [2.75, 3.05) is 24.2 Å². The zero-order chi connectivity index (χ0) is 16.5. The zero-order valence-electron chi connectivity index (χ0n) is 12.5. The van der Waals surface area contributed by atoms with Gasteiger partial charge in [0.1, 0.15) is 0 Å². The fourth-order valence-electron chi connectivity index (χ4n) is 2.77. The molecular weight excluding hydrogens is 306 g/mol. The number of nitrogens with zero attached hydrogens (tertiary/aromatic N) is 1. The minimum atomic E-state index is -3.64. The van der Waals surface area contributed by atoms with E-state index < -0.39 is 10.0 Å². The van der Waals surface area contributed by atoms with E-state index in [4.69, 9.17) is 5.14 Å². The molecular formula is C14H19N3O4S. The Hall–Kier alpha value is -1.93. The first kappa shape index (κ1) is 16.4. The van der Waals surface area contributed by atoms with Gasteiger partial charge in [-0.15, -0.1) is 0 Å². The van der Waals surface area contributed by atoms with Crippen LogP contribution in [0.4, 0.5) is 5.69 Å². The van der Waals surface area contributed by atoms with Crippen LogP contribution in [0, 0.1) is 12.8 Å². The first-order valence-electron chi connectivity index (χ1n) is 6.85. The van der Waals surface area contributed by atoms with E-state index in [0.29, 0.717) is 11.3 Å². The van der Waals surface area contributed by atoms with Crippen LogP contribution >= 0.6 is 0 Å². The van der Waals surface area contributed by atoms with Crippen LogP contribution in [0.25, 0.3) is 0 Å². The van der Waals surface area contributed by atoms with E-state index in [-0.39, 0.29) is 36.5 Å². The van der Waals surface area contributed by atoms with Crippen LogP contribution in [0.2, 0.25) is 0 Å². The molecule has 22 heavy (non-hydrogen) atoms. The predicted molar refractivity (Wildman–Crippen MR) is 83.0 cm³/mol. The van der Waals surface area contributed by atoms with Gasteiger partial charge in [-0.1, -0.05) is 12.1 Å². The van der Waals surface area contributed by atoms with Crippen LogP contribution in [0.1, 0.15) is 22.3 Å². The fraction of sp³-hybridized carbons (Fsp3) is 0.429. The molecule has 1 heterocycles. The number of aryl methyl sites for hydroxylation is 1. The predicted octanol–water partition coefficient (Wildman–Crippen LogP) is -0.00398. The Morgan fingerprint density at radius 1 is 1.45 bits per heavy atom. The molecule has 120 valence electrons. The highest BCUT2D eigenvalue weighted by molar-refractivity contribution is 7.89. The lowest BCUT2D eigenvalue weighted by Gasteiger charge is -2.22. The molecule has 3 N–H and O–H groups in total. The summed E-state index contributed by atoms with van der Waals surface area (Å²) < 4.78 is 22.4. The van der Waals surface area contributed by atoms with Gasteiger partial charge in [-0.3, -0.25) is 9.59 Å². The molecule has 1 aromatic carbocycles. The third kappa shape index (κ3) is 3.45. The zero-order valence-corrected chi connectivity index (χ0v) is 13.3. The normalized spacial score (nSPS) is 18.6. The average Bonchev–Trinajstić information content (AvgIpc) is 2.75. The molecule has 2 amide bonds. The number of para-hydroxylation sites is 1. The molecule has 7 nitrogen and oxygen atoms in total. The van der Waals surface area contributed by atoms with Gasteiger partial charge in [-0.2, -0.15) is 0 Å². The Morgan fingerprint density at radius 3 is 2.73 bits per heavy atom. The van der Waals surface area contributed by atoms with Gasteiger partial charge in [0.05, 0.1) is 17.0 Å². The van der Waals surface area contributed by atoms with Crippen molar-refractivity contribution in [3.8, 4) is 0 Å². The number of carbonyl (C=O) groups excluding carboxylic acids is 2. The fourth-order valence-corrected chi connectivity index (χ4v) is 3.65. The number of benzene rings is 1. The van der Waals surface area contributed by atoms with Crippen molar-refractivity contribution in [1.29, 1.82) is 0 Å². The number of anilines is 1. The first-order chi connectivity index (χ1) is 10.2. The van der Waals surface area contributed by atoms with Gasteiger partial charge in [-0.05, 0) is 18.6 Å². The van der Waals surface area contributed by atoms with Crippen molar-refractivity contribution in [2.45, 2.75) is 13.3 Å². The summed E-state index contributed by atoms with van der Waals surface area (Å²) in [7, 11) is -2.12. The van der Waals surface area contributed by atoms with E-state index >= 15 is 0 Å². The number of nitrogens with two attached hydrogens (primary N) is 1. The van der Waals surface area contributed by atoms with Gasteiger partial charge in [0.2, 0.25) is 15.9 Å². The number of primary sulfonamides is 1. The Bertz CT molecular complexity index is 715. The maximum atomic E-state index is 12.2. The van der Waals surface area contributed by atoms with Gasteiger partial charge < -0.3 is 10.2 Å². The van der Waals surface area contributed by atoms with Gasteiger partial charge >= 0.3 is 0 Å². The second kappa shape index (κ2) is 6.05. The molecule has 0 radical (unpaired) electrons. The third-order valence-corrected chi connectivity index (χ3v) is 4.59. The van der Waals surface area contributed by atoms with Crippen molar-refractivity contribution in [3.05, 3.63) is 29.3 Å². The summed E-state index contributed by atoms with van der Waals surface area (Å²) in [6.45, 7) is 2.05. The van der Waals surface area contributed by atoms with Crippen LogP contribution < -0.4 is 15.4 Å². The second-order valence-corrected chi connectivity index (χ2v) is 7.11. The van der Waals surface area contributed by atoms with Crippen LogP contribution in [0.15, 0.2) is 18.2 Å². The molecule has 0 spiro atoms. The summed E-state index contributed by atoms with van der Waals surface area (Å²) in [4.78, 5) is 25.7. The monoisotopic (exact) mass is 325 g/mol. The molecule has 1 atom stereocenters. The molecule has 1 saturated heterocycles. The van der Waals surface area contributed by atoms with E-state index in [1.54, 1.807) is 12.1 Å². The van der Waals surface area contributed by atoms with E-state index in [2.05, 4.69) is 5.32 Å². The van der Waals surface area contributed by atoms with Crippen LogP contribution in [0.5, 0.6) is 0 Å². The molecule has 8 heteroatoms. The van der Waals surface area contributed by atoms with Gasteiger partial charge in [0, 0.05) is 25.9 Å². The quantitative estimate of drug-likeness (QED) is 0.811. The molecule has 1 fully saturated rings. The summed E-state index contributed by atoms with van der Waals surface area (Å²) in [6.07, 6.45) is 0.109. The van der Waals surface area contributed by atoms with Gasteiger partial charge in [0.25, 0.3) is 5.91 Å². The summed E-state index contributed by atoms with van der Waals surface area (Å²) in [5.41, 5.74) is 1.71. The van der Waals surface area contributed by atoms with Gasteiger partial charge in [-0.25, -0.2) is 13.6 Å². The lowest BCUT2D eigenvalue weighted by atomic mass is 10.1. The summed E-state index contributed by atoms with van der Waals surface area (Å²) in [5.74, 6) is -1.09. The number of sulfonamides is 1. The van der Waals surface area contributed by atoms with Crippen LogP contribution in [0.3, 0.4) is 0 Å². The highest BCUT2D eigenvalue weighted by atomic mass is 32.2. The maximum Gasteiger partial charge on any atom is 0.253 e. The van der Waals surface area contributed by atoms with E-state index in [1.807, 2.05) is 13.0 Å². The van der Waals surface area contributed by atoms with Crippen LogP contribution in [-0.2, 0) is 14.8 Å². The summed E-state index contributed by atoms with van der Waals surface area (Å²) >= 11 is 0. The molecule has 0 aliphatic carbocycles. The van der Waals surface area contributed by atoms with Crippen molar-refractivity contribution in [2.24, 2.45) is 11.1 Å². The minimum Gasteiger partial charge on any atom is -0.355 e. The Labute approximate surface area is 129 Å². The number of hydrogen-bond acceptors (Lipinski definition) is 4. The minimum absolute atomic E-state index is 0.109. The topological polar surface area (TPSA) is 110 Å². The largest absolute Gasteiger partial charge is 0.355 e. The first-order valence-corrected chi connectivity index (χ1v) is 8.57. The molecule has 0 aromatic heterocycles. The highest BCUT2D eigenvalue weighted by Crippen LogP contribution is 2.31. The van der Waals surface area contributed by atoms with E-state index in [9.17, 15) is 18.0 Å². The van der Waals surface area contributed by atoms with Crippen molar-refractivity contribution in [3.63, 3.8) is 0 Å². The summed E-state index contributed by atoms with van der Waals surface area (Å²) in [5, 5.41) is 7.60. The Balaban J connectivity index is 2.36. The smallest absolute Gasteiger partial charge is 0.253 e. The molecule has 1 aliphatic rings. The van der Waals surface area contributed by atoms with E-state index in [1.165, 1.54) is 11.9 Å². The highest BCUT2D eigenvalue weighted by Gasteiger charge is 2.35. The number of nitrogens with one attached hydrogen (secondary N) is 1. The lowest BCUT2D eigenvalue weighted by molar-refractivity contribution is -0.117. The molecule has 0 bridgehead atoms. The third-order valence-electron chi connectivity index (χ3n) is 3.65.